The summed E-state index contributed by atoms with van der Waals surface area (Å²) in [6.45, 7) is 0. The Morgan fingerprint density at radius 2 is 2.00 bits per heavy atom. The highest BCUT2D eigenvalue weighted by Gasteiger charge is 2.42. The molecule has 0 amide bonds. The zero-order valence-corrected chi connectivity index (χ0v) is 12.7. The predicted octanol–water partition coefficient (Wildman–Crippen LogP) is 3.98. The van der Waals surface area contributed by atoms with Gasteiger partial charge >= 0.3 is 12.1 Å². The molecule has 0 heterocycles. The molecule has 0 fully saturated rings. The standard InChI is InChI=1S/C14H11BrF3NO3/c15-8-1-2-12(11(5-8)13(21)22)19-9-3-7(14(16,17)18)4-10(20)6-9/h1-2,5-7,19H,3-4H2,(H,21,22). The number of hydrogen-bond acceptors (Lipinski definition) is 3. The van der Waals surface area contributed by atoms with Crippen LogP contribution in [0.2, 0.25) is 0 Å². The van der Waals surface area contributed by atoms with Gasteiger partial charge in [0.25, 0.3) is 0 Å². The van der Waals surface area contributed by atoms with Crippen LogP contribution >= 0.6 is 15.9 Å². The summed E-state index contributed by atoms with van der Waals surface area (Å²) in [5.74, 6) is -3.61. The van der Waals surface area contributed by atoms with Crippen LogP contribution in [-0.2, 0) is 4.79 Å². The Morgan fingerprint density at radius 3 is 2.59 bits per heavy atom. The zero-order chi connectivity index (χ0) is 16.5. The maximum absolute atomic E-state index is 12.8. The summed E-state index contributed by atoms with van der Waals surface area (Å²) in [6.07, 6.45) is -4.34. The molecule has 2 rings (SSSR count). The molecule has 4 nitrogen and oxygen atoms in total. The first-order valence-electron chi connectivity index (χ1n) is 6.27. The number of carboxylic acids is 1. The molecule has 0 aliphatic heterocycles. The lowest BCUT2D eigenvalue weighted by Gasteiger charge is -2.25. The summed E-state index contributed by atoms with van der Waals surface area (Å²) < 4.78 is 38.9. The van der Waals surface area contributed by atoms with Gasteiger partial charge in [0.1, 0.15) is 0 Å². The number of carbonyl (C=O) groups excluding carboxylic acids is 1. The van der Waals surface area contributed by atoms with Crippen LogP contribution in [0.1, 0.15) is 23.2 Å². The van der Waals surface area contributed by atoms with Gasteiger partial charge in [-0.25, -0.2) is 4.79 Å². The van der Waals surface area contributed by atoms with E-state index in [1.807, 2.05) is 0 Å². The van der Waals surface area contributed by atoms with E-state index in [-0.39, 0.29) is 23.4 Å². The second-order valence-corrected chi connectivity index (χ2v) is 5.82. The van der Waals surface area contributed by atoms with Crippen molar-refractivity contribution in [3.05, 3.63) is 40.0 Å². The summed E-state index contributed by atoms with van der Waals surface area (Å²) in [4.78, 5) is 22.6. The smallest absolute Gasteiger partial charge is 0.392 e. The number of halogens is 4. The molecule has 1 unspecified atom stereocenters. The van der Waals surface area contributed by atoms with Gasteiger partial charge in [0, 0.05) is 22.7 Å². The van der Waals surface area contributed by atoms with E-state index in [4.69, 9.17) is 5.11 Å². The molecule has 1 aromatic carbocycles. The predicted molar refractivity (Wildman–Crippen MR) is 76.6 cm³/mol. The van der Waals surface area contributed by atoms with Gasteiger partial charge in [-0.1, -0.05) is 15.9 Å². The number of rotatable bonds is 3. The van der Waals surface area contributed by atoms with Crippen molar-refractivity contribution in [2.24, 2.45) is 5.92 Å². The Morgan fingerprint density at radius 1 is 1.32 bits per heavy atom. The molecule has 1 atom stereocenters. The van der Waals surface area contributed by atoms with Gasteiger partial charge in [-0.05, 0) is 24.6 Å². The van der Waals surface area contributed by atoms with Crippen molar-refractivity contribution in [1.29, 1.82) is 0 Å². The van der Waals surface area contributed by atoms with Gasteiger partial charge in [-0.2, -0.15) is 13.2 Å². The number of benzene rings is 1. The Bertz CT molecular complexity index is 655. The summed E-state index contributed by atoms with van der Waals surface area (Å²) >= 11 is 3.13. The Kier molecular flexibility index (Phi) is 4.60. The Balaban J connectivity index is 2.27. The molecule has 0 aromatic heterocycles. The van der Waals surface area contributed by atoms with Gasteiger partial charge in [-0.15, -0.1) is 0 Å². The van der Waals surface area contributed by atoms with Crippen LogP contribution in [0.25, 0.3) is 0 Å². The fraction of sp³-hybridized carbons (Fsp3) is 0.286. The van der Waals surface area contributed by atoms with E-state index in [9.17, 15) is 22.8 Å². The van der Waals surface area contributed by atoms with Crippen molar-refractivity contribution in [2.45, 2.75) is 19.0 Å². The number of anilines is 1. The number of carboxylic acid groups (broad SMARTS) is 1. The number of aromatic carboxylic acids is 1. The average Bonchev–Trinajstić information content (AvgIpc) is 2.39. The maximum atomic E-state index is 12.8. The van der Waals surface area contributed by atoms with Crippen LogP contribution in [0.3, 0.4) is 0 Å². The van der Waals surface area contributed by atoms with Crippen LogP contribution in [-0.4, -0.2) is 23.0 Å². The molecule has 1 aliphatic carbocycles. The number of alkyl halides is 3. The van der Waals surface area contributed by atoms with Crippen molar-refractivity contribution in [3.8, 4) is 0 Å². The fourth-order valence-corrected chi connectivity index (χ4v) is 2.55. The third-order valence-electron chi connectivity index (χ3n) is 3.22. The van der Waals surface area contributed by atoms with Crippen LogP contribution in [0, 0.1) is 5.92 Å². The lowest BCUT2D eigenvalue weighted by molar-refractivity contribution is -0.178. The maximum Gasteiger partial charge on any atom is 0.392 e. The molecule has 0 radical (unpaired) electrons. The zero-order valence-electron chi connectivity index (χ0n) is 11.1. The molecule has 1 aliphatic rings. The van der Waals surface area contributed by atoms with E-state index in [1.54, 1.807) is 6.07 Å². The average molecular weight is 378 g/mol. The molecule has 0 saturated heterocycles. The van der Waals surface area contributed by atoms with Gasteiger partial charge in [-0.3, -0.25) is 4.79 Å². The first-order chi connectivity index (χ1) is 10.2. The largest absolute Gasteiger partial charge is 0.478 e. The van der Waals surface area contributed by atoms with E-state index in [0.717, 1.165) is 6.08 Å². The Labute approximate surface area is 132 Å². The molecule has 0 spiro atoms. The summed E-state index contributed by atoms with van der Waals surface area (Å²) in [7, 11) is 0. The minimum Gasteiger partial charge on any atom is -0.478 e. The molecule has 8 heteroatoms. The van der Waals surface area contributed by atoms with Crippen molar-refractivity contribution >= 4 is 33.4 Å². The third kappa shape index (κ3) is 3.88. The van der Waals surface area contributed by atoms with Gasteiger partial charge < -0.3 is 10.4 Å². The topological polar surface area (TPSA) is 66.4 Å². The quantitative estimate of drug-likeness (QED) is 0.835. The minimum absolute atomic E-state index is 0.0587. The number of ketones is 1. The lowest BCUT2D eigenvalue weighted by atomic mass is 9.90. The molecule has 22 heavy (non-hydrogen) atoms. The molecule has 118 valence electrons. The Hall–Kier alpha value is -1.83. The SMILES string of the molecule is O=C1C=C(Nc2ccc(Br)cc2C(=O)O)CC(C(F)(F)F)C1. The van der Waals surface area contributed by atoms with Crippen molar-refractivity contribution in [1.82, 2.24) is 0 Å². The van der Waals surface area contributed by atoms with E-state index in [0.29, 0.717) is 4.47 Å². The number of carbonyl (C=O) groups is 2. The summed E-state index contributed by atoms with van der Waals surface area (Å²) in [6, 6.07) is 4.31. The highest BCUT2D eigenvalue weighted by atomic mass is 79.9. The van der Waals surface area contributed by atoms with Crippen molar-refractivity contribution < 1.29 is 27.9 Å². The third-order valence-corrected chi connectivity index (χ3v) is 3.71. The number of allylic oxidation sites excluding steroid dienone is 2. The van der Waals surface area contributed by atoms with Crippen molar-refractivity contribution in [3.63, 3.8) is 0 Å². The summed E-state index contributed by atoms with van der Waals surface area (Å²) in [5, 5.41) is 11.8. The van der Waals surface area contributed by atoms with Crippen LogP contribution < -0.4 is 5.32 Å². The molecular weight excluding hydrogens is 367 g/mol. The number of nitrogens with one attached hydrogen (secondary N) is 1. The van der Waals surface area contributed by atoms with E-state index in [1.165, 1.54) is 12.1 Å². The fourth-order valence-electron chi connectivity index (χ4n) is 2.19. The first-order valence-corrected chi connectivity index (χ1v) is 7.06. The van der Waals surface area contributed by atoms with Gasteiger partial charge in [0.2, 0.25) is 0 Å². The summed E-state index contributed by atoms with van der Waals surface area (Å²) in [5.41, 5.74) is 0.0952. The highest BCUT2D eigenvalue weighted by molar-refractivity contribution is 9.10. The van der Waals surface area contributed by atoms with Crippen LogP contribution in [0.4, 0.5) is 18.9 Å². The minimum atomic E-state index is -4.47. The lowest BCUT2D eigenvalue weighted by Crippen LogP contribution is -2.30. The van der Waals surface area contributed by atoms with E-state index in [2.05, 4.69) is 21.2 Å². The van der Waals surface area contributed by atoms with Crippen LogP contribution in [0.15, 0.2) is 34.4 Å². The van der Waals surface area contributed by atoms with E-state index < -0.39 is 30.3 Å². The normalized spacial score (nSPS) is 18.8. The van der Waals surface area contributed by atoms with Crippen molar-refractivity contribution in [2.75, 3.05) is 5.32 Å². The van der Waals surface area contributed by atoms with Gasteiger partial charge in [0.15, 0.2) is 5.78 Å². The highest BCUT2D eigenvalue weighted by Crippen LogP contribution is 2.37. The molecule has 2 N–H and O–H groups in total. The first kappa shape index (κ1) is 16.5. The molecule has 0 bridgehead atoms. The van der Waals surface area contributed by atoms with Gasteiger partial charge in [0.05, 0.1) is 17.2 Å². The second kappa shape index (κ2) is 6.12. The molecule has 0 saturated carbocycles. The molecule has 1 aromatic rings. The molecular formula is C14H11BrF3NO3. The monoisotopic (exact) mass is 377 g/mol. The second-order valence-electron chi connectivity index (χ2n) is 4.90. The number of hydrogen-bond donors (Lipinski definition) is 2. The van der Waals surface area contributed by atoms with Crippen LogP contribution in [0.5, 0.6) is 0 Å². The van der Waals surface area contributed by atoms with E-state index >= 15 is 0 Å².